The second-order valence-electron chi connectivity index (χ2n) is 9.84. The first-order valence-electron chi connectivity index (χ1n) is 13.5. The van der Waals surface area contributed by atoms with Crippen LogP contribution in [0.5, 0.6) is 0 Å². The second-order valence-corrected chi connectivity index (χ2v) is 12.5. The number of amides is 2. The van der Waals surface area contributed by atoms with E-state index in [1.165, 1.54) is 29.2 Å². The normalized spacial score (nSPS) is 13.2. The molecule has 0 aliphatic carbocycles. The van der Waals surface area contributed by atoms with Gasteiger partial charge in [-0.3, -0.25) is 13.9 Å². The minimum Gasteiger partial charge on any atom is -0.352 e. The first-order chi connectivity index (χ1) is 20.2. The van der Waals surface area contributed by atoms with E-state index < -0.39 is 56.9 Å². The number of hydrogen-bond donors (Lipinski definition) is 1. The molecule has 0 saturated heterocycles. The van der Waals surface area contributed by atoms with E-state index in [4.69, 9.17) is 23.2 Å². The summed E-state index contributed by atoms with van der Waals surface area (Å²) in [6, 6.07) is 15.0. The fraction of sp³-hybridized carbons (Fsp3) is 0.333. The molecular formula is C30H32Cl2F3N3O4S. The van der Waals surface area contributed by atoms with Crippen molar-refractivity contribution in [3.8, 4) is 0 Å². The van der Waals surface area contributed by atoms with Crippen LogP contribution in [0.3, 0.4) is 0 Å². The van der Waals surface area contributed by atoms with Crippen LogP contribution in [-0.4, -0.2) is 43.8 Å². The molecule has 43 heavy (non-hydrogen) atoms. The molecule has 0 saturated carbocycles. The van der Waals surface area contributed by atoms with Crippen LogP contribution in [0.2, 0.25) is 10.0 Å². The average Bonchev–Trinajstić information content (AvgIpc) is 2.96. The van der Waals surface area contributed by atoms with Crippen LogP contribution >= 0.6 is 23.2 Å². The van der Waals surface area contributed by atoms with Gasteiger partial charge in [0.1, 0.15) is 12.6 Å². The fourth-order valence-electron chi connectivity index (χ4n) is 4.30. The van der Waals surface area contributed by atoms with Gasteiger partial charge in [0, 0.05) is 17.6 Å². The summed E-state index contributed by atoms with van der Waals surface area (Å²) in [5, 5.41) is 2.54. The van der Waals surface area contributed by atoms with Crippen molar-refractivity contribution in [2.45, 2.75) is 63.3 Å². The number of sulfonamides is 1. The number of nitrogens with zero attached hydrogens (tertiary/aromatic N) is 2. The predicted octanol–water partition coefficient (Wildman–Crippen LogP) is 6.93. The molecule has 13 heteroatoms. The Morgan fingerprint density at radius 1 is 0.907 bits per heavy atom. The molecule has 0 radical (unpaired) electrons. The topological polar surface area (TPSA) is 86.8 Å². The number of carbonyl (C=O) groups is 2. The summed E-state index contributed by atoms with van der Waals surface area (Å²) in [5.74, 6) is -1.28. The maximum atomic E-state index is 14.1. The van der Waals surface area contributed by atoms with Gasteiger partial charge in [0.2, 0.25) is 11.8 Å². The standard InChI is InChI=1S/C30H32Cl2F3N3O4S/c1-4-20(3)36-29(40)27(5-2)37(18-21-11-9-10-14-25(21)31)28(39)19-38(43(41,42)23-12-7-6-8-13-23)22-15-16-26(32)24(17-22)30(33,34)35/h6-17,20,27H,4-5,18-19H2,1-3H3,(H,36,40). The number of carbonyl (C=O) groups excluding carboxylic acids is 2. The van der Waals surface area contributed by atoms with E-state index in [-0.39, 0.29) is 23.9 Å². The number of benzene rings is 3. The van der Waals surface area contributed by atoms with Gasteiger partial charge < -0.3 is 10.2 Å². The van der Waals surface area contributed by atoms with Crippen molar-refractivity contribution in [2.24, 2.45) is 0 Å². The molecule has 0 aliphatic rings. The number of alkyl halides is 3. The molecule has 7 nitrogen and oxygen atoms in total. The van der Waals surface area contributed by atoms with Crippen LogP contribution in [0, 0.1) is 0 Å². The minimum atomic E-state index is -4.89. The Morgan fingerprint density at radius 3 is 2.12 bits per heavy atom. The van der Waals surface area contributed by atoms with E-state index in [0.717, 1.165) is 12.1 Å². The number of rotatable bonds is 12. The Kier molecular flexibility index (Phi) is 11.5. The monoisotopic (exact) mass is 657 g/mol. The van der Waals surface area contributed by atoms with E-state index in [0.29, 0.717) is 27.4 Å². The van der Waals surface area contributed by atoms with Crippen molar-refractivity contribution >= 4 is 50.7 Å². The molecule has 0 fully saturated rings. The summed E-state index contributed by atoms with van der Waals surface area (Å²) in [7, 11) is -4.57. The molecule has 3 aromatic carbocycles. The molecule has 0 spiro atoms. The quantitative estimate of drug-likeness (QED) is 0.229. The molecule has 3 aromatic rings. The highest BCUT2D eigenvalue weighted by atomic mass is 35.5. The molecular weight excluding hydrogens is 626 g/mol. The lowest BCUT2D eigenvalue weighted by molar-refractivity contribution is -0.140. The highest BCUT2D eigenvalue weighted by molar-refractivity contribution is 7.92. The van der Waals surface area contributed by atoms with Crippen LogP contribution in [0.1, 0.15) is 44.7 Å². The lowest BCUT2D eigenvalue weighted by Crippen LogP contribution is -2.53. The lowest BCUT2D eigenvalue weighted by Gasteiger charge is -2.34. The van der Waals surface area contributed by atoms with Crippen LogP contribution in [0.4, 0.5) is 18.9 Å². The Labute approximate surface area is 259 Å². The van der Waals surface area contributed by atoms with E-state index in [1.807, 2.05) is 6.92 Å². The highest BCUT2D eigenvalue weighted by Gasteiger charge is 2.37. The number of hydrogen-bond acceptors (Lipinski definition) is 4. The van der Waals surface area contributed by atoms with Crippen LogP contribution < -0.4 is 9.62 Å². The average molecular weight is 659 g/mol. The summed E-state index contributed by atoms with van der Waals surface area (Å²) in [4.78, 5) is 28.4. The van der Waals surface area contributed by atoms with Gasteiger partial charge in [-0.1, -0.05) is 73.4 Å². The molecule has 232 valence electrons. The largest absolute Gasteiger partial charge is 0.417 e. The number of halogens is 5. The van der Waals surface area contributed by atoms with Gasteiger partial charge >= 0.3 is 6.18 Å². The number of anilines is 1. The van der Waals surface area contributed by atoms with Crippen LogP contribution in [0.15, 0.2) is 77.7 Å². The van der Waals surface area contributed by atoms with Crippen molar-refractivity contribution in [1.82, 2.24) is 10.2 Å². The van der Waals surface area contributed by atoms with Crippen molar-refractivity contribution in [3.63, 3.8) is 0 Å². The van der Waals surface area contributed by atoms with Gasteiger partial charge in [-0.2, -0.15) is 13.2 Å². The zero-order valence-corrected chi connectivity index (χ0v) is 26.1. The zero-order chi connectivity index (χ0) is 31.9. The molecule has 0 aromatic heterocycles. The van der Waals surface area contributed by atoms with Crippen molar-refractivity contribution in [2.75, 3.05) is 10.8 Å². The van der Waals surface area contributed by atoms with E-state index in [2.05, 4.69) is 5.32 Å². The van der Waals surface area contributed by atoms with Crippen molar-refractivity contribution in [1.29, 1.82) is 0 Å². The Hall–Kier alpha value is -3.28. The molecule has 0 bridgehead atoms. The van der Waals surface area contributed by atoms with Crippen LogP contribution in [-0.2, 0) is 32.3 Å². The molecule has 3 rings (SSSR count). The fourth-order valence-corrected chi connectivity index (χ4v) is 6.15. The summed E-state index contributed by atoms with van der Waals surface area (Å²) in [6.45, 7) is 4.32. The van der Waals surface area contributed by atoms with Gasteiger partial charge in [0.05, 0.1) is 21.2 Å². The lowest BCUT2D eigenvalue weighted by atomic mass is 10.1. The Morgan fingerprint density at radius 2 is 1.53 bits per heavy atom. The maximum Gasteiger partial charge on any atom is 0.417 e. The third-order valence-corrected chi connectivity index (χ3v) is 9.33. The van der Waals surface area contributed by atoms with E-state index in [1.54, 1.807) is 44.2 Å². The van der Waals surface area contributed by atoms with E-state index >= 15 is 0 Å². The van der Waals surface area contributed by atoms with Gasteiger partial charge in [-0.05, 0) is 61.7 Å². The first kappa shape index (κ1) is 34.2. The highest BCUT2D eigenvalue weighted by Crippen LogP contribution is 2.38. The predicted molar refractivity (Wildman–Crippen MR) is 161 cm³/mol. The molecule has 0 heterocycles. The Balaban J connectivity index is 2.15. The molecule has 2 atom stereocenters. The van der Waals surface area contributed by atoms with Crippen LogP contribution in [0.25, 0.3) is 0 Å². The molecule has 2 unspecified atom stereocenters. The third-order valence-electron chi connectivity index (χ3n) is 6.84. The third kappa shape index (κ3) is 8.43. The summed E-state index contributed by atoms with van der Waals surface area (Å²) < 4.78 is 69.6. The summed E-state index contributed by atoms with van der Waals surface area (Å²) in [5.41, 5.74) is -1.20. The van der Waals surface area contributed by atoms with Crippen molar-refractivity contribution in [3.05, 3.63) is 94.0 Å². The molecule has 0 aliphatic heterocycles. The second kappa shape index (κ2) is 14.5. The minimum absolute atomic E-state index is 0.154. The number of nitrogens with one attached hydrogen (secondary N) is 1. The molecule has 1 N–H and O–H groups in total. The Bertz CT molecular complexity index is 1540. The summed E-state index contributed by atoms with van der Waals surface area (Å²) >= 11 is 12.2. The summed E-state index contributed by atoms with van der Waals surface area (Å²) in [6.07, 6.45) is -4.10. The first-order valence-corrected chi connectivity index (χ1v) is 15.7. The SMILES string of the molecule is CCC(C)NC(=O)C(CC)N(Cc1ccccc1Cl)C(=O)CN(c1ccc(Cl)c(C(F)(F)F)c1)S(=O)(=O)c1ccccc1. The van der Waals surface area contributed by atoms with Gasteiger partial charge in [0.15, 0.2) is 0 Å². The van der Waals surface area contributed by atoms with Gasteiger partial charge in [0.25, 0.3) is 10.0 Å². The van der Waals surface area contributed by atoms with Gasteiger partial charge in [-0.15, -0.1) is 0 Å². The molecule has 2 amide bonds. The van der Waals surface area contributed by atoms with Gasteiger partial charge in [-0.25, -0.2) is 8.42 Å². The van der Waals surface area contributed by atoms with E-state index in [9.17, 15) is 31.2 Å². The van der Waals surface area contributed by atoms with Crippen molar-refractivity contribution < 1.29 is 31.2 Å². The smallest absolute Gasteiger partial charge is 0.352 e. The maximum absolute atomic E-state index is 14.1. The zero-order valence-electron chi connectivity index (χ0n) is 23.7.